The summed E-state index contributed by atoms with van der Waals surface area (Å²) in [5, 5.41) is 6.92. The molecule has 0 unspecified atom stereocenters. The number of thiophene rings is 1. The van der Waals surface area contributed by atoms with Gasteiger partial charge in [-0.1, -0.05) is 0 Å². The molecule has 33 heavy (non-hydrogen) atoms. The van der Waals surface area contributed by atoms with Crippen LogP contribution in [-0.4, -0.2) is 61.7 Å². The number of urea groups is 1. The van der Waals surface area contributed by atoms with Crippen LogP contribution in [0, 0.1) is 5.92 Å². The quantitative estimate of drug-likeness (QED) is 0.591. The highest BCUT2D eigenvalue weighted by molar-refractivity contribution is 7.07. The van der Waals surface area contributed by atoms with Crippen LogP contribution in [0.4, 0.5) is 4.79 Å². The van der Waals surface area contributed by atoms with Crippen molar-refractivity contribution in [2.24, 2.45) is 5.92 Å². The molecule has 1 aromatic heterocycles. The van der Waals surface area contributed by atoms with Gasteiger partial charge in [-0.2, -0.15) is 11.3 Å². The molecule has 0 spiro atoms. The molecule has 0 radical (unpaired) electrons. The van der Waals surface area contributed by atoms with Crippen molar-refractivity contribution in [2.75, 3.05) is 34.4 Å². The smallest absolute Gasteiger partial charge is 0.325 e. The molecule has 178 valence electrons. The number of carbonyl (C=O) groups excluding carboxylic acids is 2. The summed E-state index contributed by atoms with van der Waals surface area (Å²) in [6.45, 7) is 4.49. The van der Waals surface area contributed by atoms with Crippen molar-refractivity contribution in [1.29, 1.82) is 0 Å². The number of methoxy groups -OCH3 is 3. The van der Waals surface area contributed by atoms with Gasteiger partial charge in [0.2, 0.25) is 0 Å². The van der Waals surface area contributed by atoms with E-state index in [2.05, 4.69) is 10.2 Å². The Morgan fingerprint density at radius 3 is 2.27 bits per heavy atom. The molecule has 0 bridgehead atoms. The van der Waals surface area contributed by atoms with E-state index in [1.54, 1.807) is 32.7 Å². The summed E-state index contributed by atoms with van der Waals surface area (Å²) < 4.78 is 16.5. The van der Waals surface area contributed by atoms with E-state index in [0.717, 1.165) is 48.6 Å². The molecule has 2 aromatic rings. The highest BCUT2D eigenvalue weighted by Gasteiger charge is 2.52. The minimum absolute atomic E-state index is 0.0809. The number of nitrogens with zero attached hydrogens (tertiary/aromatic N) is 2. The van der Waals surface area contributed by atoms with Crippen molar-refractivity contribution in [1.82, 2.24) is 15.1 Å². The molecule has 1 aromatic carbocycles. The Hall–Kier alpha value is -2.78. The van der Waals surface area contributed by atoms with Crippen LogP contribution in [0.5, 0.6) is 17.2 Å². The van der Waals surface area contributed by atoms with Crippen LogP contribution in [0.3, 0.4) is 0 Å². The van der Waals surface area contributed by atoms with Crippen molar-refractivity contribution in [3.8, 4) is 17.2 Å². The molecule has 2 saturated heterocycles. The first kappa shape index (κ1) is 23.4. The average molecular weight is 474 g/mol. The standard InChI is InChI=1S/C24H31N3O5S/c1-24(22(28)27(23(29)25-24)13-16-7-10-33-15-16)17-5-8-26(9-6-17)14-19-20(31-3)11-18(30-2)12-21(19)32-4/h7,10-12,15,17H,5-6,8-9,13-14H2,1-4H3,(H,25,29)/t24-/m1/s1. The molecule has 0 aliphatic carbocycles. The topological polar surface area (TPSA) is 80.3 Å². The zero-order valence-corrected chi connectivity index (χ0v) is 20.4. The van der Waals surface area contributed by atoms with Crippen LogP contribution in [-0.2, 0) is 17.9 Å². The molecule has 2 fully saturated rings. The van der Waals surface area contributed by atoms with Gasteiger partial charge in [-0.3, -0.25) is 14.6 Å². The lowest BCUT2D eigenvalue weighted by Gasteiger charge is -2.39. The van der Waals surface area contributed by atoms with Gasteiger partial charge >= 0.3 is 6.03 Å². The first-order valence-electron chi connectivity index (χ1n) is 11.1. The largest absolute Gasteiger partial charge is 0.496 e. The minimum atomic E-state index is -0.866. The van der Waals surface area contributed by atoms with Crippen molar-refractivity contribution >= 4 is 23.3 Å². The van der Waals surface area contributed by atoms with Gasteiger partial charge in [0.25, 0.3) is 5.91 Å². The lowest BCUT2D eigenvalue weighted by atomic mass is 9.78. The number of ether oxygens (including phenoxy) is 3. The SMILES string of the molecule is COc1cc(OC)c(CN2CCC([C@@]3(C)NC(=O)N(Cc4ccsc4)C3=O)CC2)c(OC)c1. The Bertz CT molecular complexity index is 979. The van der Waals surface area contributed by atoms with E-state index in [0.29, 0.717) is 18.8 Å². The molecule has 2 aliphatic rings. The van der Waals surface area contributed by atoms with Crippen LogP contribution in [0.2, 0.25) is 0 Å². The molecule has 3 heterocycles. The second-order valence-corrected chi connectivity index (χ2v) is 9.50. The molecular weight excluding hydrogens is 442 g/mol. The third-order valence-corrected chi connectivity index (χ3v) is 7.56. The molecule has 0 saturated carbocycles. The fourth-order valence-corrected chi connectivity index (χ4v) is 5.49. The van der Waals surface area contributed by atoms with E-state index in [1.165, 1.54) is 4.90 Å². The van der Waals surface area contributed by atoms with Crippen LogP contribution in [0.15, 0.2) is 29.0 Å². The van der Waals surface area contributed by atoms with Crippen LogP contribution in [0.25, 0.3) is 0 Å². The zero-order valence-electron chi connectivity index (χ0n) is 19.6. The second-order valence-electron chi connectivity index (χ2n) is 8.72. The second kappa shape index (κ2) is 9.61. The van der Waals surface area contributed by atoms with Gasteiger partial charge in [0, 0.05) is 18.7 Å². The first-order chi connectivity index (χ1) is 15.9. The van der Waals surface area contributed by atoms with E-state index < -0.39 is 5.54 Å². The molecule has 2 aliphatic heterocycles. The summed E-state index contributed by atoms with van der Waals surface area (Å²) in [5.41, 5.74) is 1.08. The maximum atomic E-state index is 13.3. The predicted molar refractivity (Wildman–Crippen MR) is 126 cm³/mol. The van der Waals surface area contributed by atoms with Gasteiger partial charge in [-0.15, -0.1) is 0 Å². The number of carbonyl (C=O) groups is 2. The Morgan fingerprint density at radius 2 is 1.73 bits per heavy atom. The summed E-state index contributed by atoms with van der Waals surface area (Å²) in [4.78, 5) is 29.5. The molecule has 3 amide bonds. The van der Waals surface area contributed by atoms with Crippen molar-refractivity contribution in [3.05, 3.63) is 40.1 Å². The number of benzene rings is 1. The summed E-state index contributed by atoms with van der Waals surface area (Å²) >= 11 is 1.56. The normalized spacial score (nSPS) is 21.9. The number of rotatable bonds is 8. The van der Waals surface area contributed by atoms with Crippen molar-refractivity contribution in [3.63, 3.8) is 0 Å². The van der Waals surface area contributed by atoms with Gasteiger partial charge in [0.1, 0.15) is 22.8 Å². The maximum Gasteiger partial charge on any atom is 0.325 e. The van der Waals surface area contributed by atoms with Crippen LogP contribution < -0.4 is 19.5 Å². The van der Waals surface area contributed by atoms with E-state index in [4.69, 9.17) is 14.2 Å². The Labute approximate surface area is 198 Å². The van der Waals surface area contributed by atoms with Crippen molar-refractivity contribution < 1.29 is 23.8 Å². The summed E-state index contributed by atoms with van der Waals surface area (Å²) in [7, 11) is 4.89. The minimum Gasteiger partial charge on any atom is -0.496 e. The Kier molecular flexibility index (Phi) is 6.81. The van der Waals surface area contributed by atoms with Gasteiger partial charge in [0.05, 0.1) is 33.4 Å². The number of nitrogens with one attached hydrogen (secondary N) is 1. The van der Waals surface area contributed by atoms with Gasteiger partial charge in [-0.25, -0.2) is 4.79 Å². The summed E-state index contributed by atoms with van der Waals surface area (Å²) in [6.07, 6.45) is 1.63. The average Bonchev–Trinajstić information content (AvgIpc) is 3.42. The van der Waals surface area contributed by atoms with Gasteiger partial charge in [0.15, 0.2) is 0 Å². The number of hydrogen-bond acceptors (Lipinski definition) is 7. The number of likely N-dealkylation sites (tertiary alicyclic amines) is 1. The molecule has 1 atom stereocenters. The van der Waals surface area contributed by atoms with Crippen molar-refractivity contribution in [2.45, 2.75) is 38.4 Å². The molecule has 8 nitrogen and oxygen atoms in total. The molecular formula is C24H31N3O5S. The Morgan fingerprint density at radius 1 is 1.06 bits per heavy atom. The number of piperidine rings is 1. The lowest BCUT2D eigenvalue weighted by Crippen LogP contribution is -2.53. The monoisotopic (exact) mass is 473 g/mol. The maximum absolute atomic E-state index is 13.3. The van der Waals surface area contributed by atoms with Crippen LogP contribution in [0.1, 0.15) is 30.9 Å². The van der Waals surface area contributed by atoms with E-state index in [1.807, 2.05) is 35.9 Å². The van der Waals surface area contributed by atoms with E-state index in [-0.39, 0.29) is 17.9 Å². The summed E-state index contributed by atoms with van der Waals surface area (Å²) in [5.74, 6) is 2.08. The highest BCUT2D eigenvalue weighted by Crippen LogP contribution is 2.38. The molecule has 4 rings (SSSR count). The fraction of sp³-hybridized carbons (Fsp3) is 0.500. The number of imide groups is 1. The third-order valence-electron chi connectivity index (χ3n) is 6.82. The van der Waals surface area contributed by atoms with Gasteiger partial charge < -0.3 is 19.5 Å². The van der Waals surface area contributed by atoms with E-state index >= 15 is 0 Å². The molecule has 1 N–H and O–H groups in total. The van der Waals surface area contributed by atoms with Gasteiger partial charge in [-0.05, 0) is 61.2 Å². The number of hydrogen-bond donors (Lipinski definition) is 1. The van der Waals surface area contributed by atoms with Crippen LogP contribution >= 0.6 is 11.3 Å². The zero-order chi connectivity index (χ0) is 23.6. The van der Waals surface area contributed by atoms with E-state index in [9.17, 15) is 9.59 Å². The third kappa shape index (κ3) is 4.52. The number of amides is 3. The molecule has 9 heteroatoms. The highest BCUT2D eigenvalue weighted by atomic mass is 32.1. The Balaban J connectivity index is 1.42. The predicted octanol–water partition coefficient (Wildman–Crippen LogP) is 3.50. The first-order valence-corrected chi connectivity index (χ1v) is 12.0. The lowest BCUT2D eigenvalue weighted by molar-refractivity contribution is -0.133. The summed E-state index contributed by atoms with van der Waals surface area (Å²) in [6, 6.07) is 5.37. The fourth-order valence-electron chi connectivity index (χ4n) is 4.83.